The summed E-state index contributed by atoms with van der Waals surface area (Å²) in [5.74, 6) is 1.15. The Balaban J connectivity index is 1.47. The third-order valence-electron chi connectivity index (χ3n) is 4.73. The fourth-order valence-corrected chi connectivity index (χ4v) is 3.05. The Labute approximate surface area is 173 Å². The van der Waals surface area contributed by atoms with E-state index in [4.69, 9.17) is 0 Å². The summed E-state index contributed by atoms with van der Waals surface area (Å²) in [6, 6.07) is 11.1. The third kappa shape index (κ3) is 4.04. The lowest BCUT2D eigenvalue weighted by Crippen LogP contribution is -2.13. The molecule has 1 atom stereocenters. The van der Waals surface area contributed by atoms with E-state index < -0.39 is 0 Å². The summed E-state index contributed by atoms with van der Waals surface area (Å²) in [5.41, 5.74) is 3.66. The Morgan fingerprint density at radius 3 is 2.70 bits per heavy atom. The molecule has 1 aromatic carbocycles. The van der Waals surface area contributed by atoms with Crippen molar-refractivity contribution in [2.24, 2.45) is 7.05 Å². The van der Waals surface area contributed by atoms with Crippen LogP contribution in [0.4, 0.5) is 17.3 Å². The summed E-state index contributed by atoms with van der Waals surface area (Å²) in [4.78, 5) is 25.6. The summed E-state index contributed by atoms with van der Waals surface area (Å²) >= 11 is 0. The third-order valence-corrected chi connectivity index (χ3v) is 4.73. The van der Waals surface area contributed by atoms with Crippen LogP contribution in [-0.2, 0) is 7.05 Å². The highest BCUT2D eigenvalue weighted by Crippen LogP contribution is 2.22. The van der Waals surface area contributed by atoms with Crippen LogP contribution >= 0.6 is 0 Å². The summed E-state index contributed by atoms with van der Waals surface area (Å²) in [5, 5.41) is 13.4. The molecule has 30 heavy (non-hydrogen) atoms. The van der Waals surface area contributed by atoms with E-state index in [1.807, 2.05) is 38.2 Å². The SMILES string of the molecule is CNc1ccc(C(=O)Nc2cccc([C@H](C)Nc3cnc4cnn(C)c4n3)c2)cn1. The molecule has 0 saturated carbocycles. The minimum absolute atomic E-state index is 0.0431. The molecule has 4 rings (SSSR count). The monoisotopic (exact) mass is 402 g/mol. The lowest BCUT2D eigenvalue weighted by Gasteiger charge is -2.16. The van der Waals surface area contributed by atoms with Crippen LogP contribution in [0.25, 0.3) is 11.2 Å². The van der Waals surface area contributed by atoms with E-state index in [-0.39, 0.29) is 11.9 Å². The predicted molar refractivity (Wildman–Crippen MR) is 117 cm³/mol. The number of amides is 1. The van der Waals surface area contributed by atoms with Crippen LogP contribution in [0.2, 0.25) is 0 Å². The summed E-state index contributed by atoms with van der Waals surface area (Å²) in [7, 11) is 3.61. The number of hydrogen-bond acceptors (Lipinski definition) is 7. The number of nitrogens with one attached hydrogen (secondary N) is 3. The van der Waals surface area contributed by atoms with Gasteiger partial charge in [0.15, 0.2) is 5.65 Å². The topological polar surface area (TPSA) is 110 Å². The van der Waals surface area contributed by atoms with E-state index >= 15 is 0 Å². The average Bonchev–Trinajstić information content (AvgIpc) is 3.14. The van der Waals surface area contributed by atoms with Crippen molar-refractivity contribution in [1.29, 1.82) is 0 Å². The molecule has 0 bridgehead atoms. The second-order valence-electron chi connectivity index (χ2n) is 6.86. The van der Waals surface area contributed by atoms with Gasteiger partial charge < -0.3 is 16.0 Å². The molecule has 152 valence electrons. The number of carbonyl (C=O) groups excluding carboxylic acids is 1. The Hall–Kier alpha value is -4.01. The number of hydrogen-bond donors (Lipinski definition) is 3. The van der Waals surface area contributed by atoms with Gasteiger partial charge in [-0.05, 0) is 36.8 Å². The van der Waals surface area contributed by atoms with E-state index in [1.54, 1.807) is 42.5 Å². The smallest absolute Gasteiger partial charge is 0.257 e. The molecule has 3 N–H and O–H groups in total. The van der Waals surface area contributed by atoms with Crippen molar-refractivity contribution in [3.05, 3.63) is 66.1 Å². The van der Waals surface area contributed by atoms with Crippen molar-refractivity contribution < 1.29 is 4.79 Å². The first kappa shape index (κ1) is 19.3. The van der Waals surface area contributed by atoms with Crippen LogP contribution < -0.4 is 16.0 Å². The van der Waals surface area contributed by atoms with Crippen LogP contribution in [0.5, 0.6) is 0 Å². The second kappa shape index (κ2) is 8.16. The second-order valence-corrected chi connectivity index (χ2v) is 6.86. The largest absolute Gasteiger partial charge is 0.373 e. The van der Waals surface area contributed by atoms with Gasteiger partial charge in [-0.2, -0.15) is 5.10 Å². The lowest BCUT2D eigenvalue weighted by atomic mass is 10.1. The van der Waals surface area contributed by atoms with Gasteiger partial charge in [0.25, 0.3) is 5.91 Å². The van der Waals surface area contributed by atoms with E-state index in [0.29, 0.717) is 28.5 Å². The van der Waals surface area contributed by atoms with Crippen molar-refractivity contribution in [2.75, 3.05) is 23.0 Å². The summed E-state index contributed by atoms with van der Waals surface area (Å²) in [6.45, 7) is 2.02. The Bertz CT molecular complexity index is 1190. The summed E-state index contributed by atoms with van der Waals surface area (Å²) < 4.78 is 1.69. The molecular formula is C21H22N8O. The molecule has 9 heteroatoms. The molecule has 0 fully saturated rings. The maximum Gasteiger partial charge on any atom is 0.257 e. The fraction of sp³-hybridized carbons (Fsp3) is 0.190. The highest BCUT2D eigenvalue weighted by Gasteiger charge is 2.11. The van der Waals surface area contributed by atoms with Crippen molar-refractivity contribution in [2.45, 2.75) is 13.0 Å². The van der Waals surface area contributed by atoms with Crippen molar-refractivity contribution >= 4 is 34.4 Å². The van der Waals surface area contributed by atoms with Gasteiger partial charge in [-0.25, -0.2) is 19.6 Å². The number of aromatic nitrogens is 5. The van der Waals surface area contributed by atoms with E-state index in [2.05, 4.69) is 36.0 Å². The molecule has 3 heterocycles. The normalized spacial score (nSPS) is 11.8. The highest BCUT2D eigenvalue weighted by atomic mass is 16.1. The van der Waals surface area contributed by atoms with Crippen LogP contribution in [0, 0.1) is 0 Å². The molecule has 0 saturated heterocycles. The number of benzene rings is 1. The minimum Gasteiger partial charge on any atom is -0.373 e. The van der Waals surface area contributed by atoms with Crippen molar-refractivity contribution in [3.8, 4) is 0 Å². The molecule has 0 spiro atoms. The quantitative estimate of drug-likeness (QED) is 0.454. The van der Waals surface area contributed by atoms with Crippen LogP contribution in [0.1, 0.15) is 28.9 Å². The number of nitrogens with zero attached hydrogens (tertiary/aromatic N) is 5. The van der Waals surface area contributed by atoms with E-state index in [1.165, 1.54) is 0 Å². The van der Waals surface area contributed by atoms with Crippen molar-refractivity contribution in [3.63, 3.8) is 0 Å². The van der Waals surface area contributed by atoms with E-state index in [9.17, 15) is 4.79 Å². The molecule has 0 radical (unpaired) electrons. The highest BCUT2D eigenvalue weighted by molar-refractivity contribution is 6.04. The van der Waals surface area contributed by atoms with Gasteiger partial charge in [0.05, 0.1) is 24.0 Å². The van der Waals surface area contributed by atoms with Gasteiger partial charge in [-0.15, -0.1) is 0 Å². The Morgan fingerprint density at radius 2 is 1.93 bits per heavy atom. The molecular weight excluding hydrogens is 380 g/mol. The molecule has 9 nitrogen and oxygen atoms in total. The first-order valence-corrected chi connectivity index (χ1v) is 9.50. The first-order valence-electron chi connectivity index (χ1n) is 9.50. The molecule has 0 aliphatic heterocycles. The van der Waals surface area contributed by atoms with E-state index in [0.717, 1.165) is 11.1 Å². The fourth-order valence-electron chi connectivity index (χ4n) is 3.05. The van der Waals surface area contributed by atoms with Gasteiger partial charge in [-0.3, -0.25) is 4.79 Å². The van der Waals surface area contributed by atoms with Crippen molar-refractivity contribution in [1.82, 2.24) is 24.7 Å². The number of rotatable bonds is 6. The number of aryl methyl sites for hydroxylation is 1. The van der Waals surface area contributed by atoms with Crippen LogP contribution in [0.15, 0.2) is 55.0 Å². The molecule has 1 amide bonds. The minimum atomic E-state index is -0.213. The average molecular weight is 402 g/mol. The maximum absolute atomic E-state index is 12.5. The van der Waals surface area contributed by atoms with Gasteiger partial charge in [0.1, 0.15) is 17.2 Å². The predicted octanol–water partition coefficient (Wildman–Crippen LogP) is 3.23. The molecule has 0 aliphatic rings. The van der Waals surface area contributed by atoms with Gasteiger partial charge in [0, 0.05) is 26.0 Å². The number of anilines is 3. The molecule has 3 aromatic heterocycles. The zero-order chi connectivity index (χ0) is 21.1. The van der Waals surface area contributed by atoms with Gasteiger partial charge in [-0.1, -0.05) is 12.1 Å². The molecule has 0 unspecified atom stereocenters. The Morgan fingerprint density at radius 1 is 1.07 bits per heavy atom. The zero-order valence-corrected chi connectivity index (χ0v) is 16.9. The zero-order valence-electron chi connectivity index (χ0n) is 16.9. The first-order chi connectivity index (χ1) is 14.5. The molecule has 4 aromatic rings. The molecule has 0 aliphatic carbocycles. The number of pyridine rings is 1. The maximum atomic E-state index is 12.5. The summed E-state index contributed by atoms with van der Waals surface area (Å²) in [6.07, 6.45) is 4.92. The lowest BCUT2D eigenvalue weighted by molar-refractivity contribution is 0.102. The van der Waals surface area contributed by atoms with Crippen LogP contribution in [0.3, 0.4) is 0 Å². The van der Waals surface area contributed by atoms with Gasteiger partial charge >= 0.3 is 0 Å². The van der Waals surface area contributed by atoms with Crippen LogP contribution in [-0.4, -0.2) is 37.7 Å². The standard InChI is InChI=1S/C21H22N8O/c1-13(26-19-12-23-17-11-25-29(3)20(17)28-19)14-5-4-6-16(9-14)27-21(30)15-7-8-18(22-2)24-10-15/h4-13H,1-3H3,(H,22,24)(H,26,28)(H,27,30)/t13-/m0/s1. The Kier molecular flexibility index (Phi) is 5.25. The number of fused-ring (bicyclic) bond motifs is 1. The number of carbonyl (C=O) groups is 1. The van der Waals surface area contributed by atoms with Gasteiger partial charge in [0.2, 0.25) is 0 Å².